The average molecular weight is 436 g/mol. The highest BCUT2D eigenvalue weighted by molar-refractivity contribution is 7.99. The van der Waals surface area contributed by atoms with Crippen LogP contribution in [0.15, 0.2) is 47.4 Å². The molecule has 1 saturated heterocycles. The predicted octanol–water partition coefficient (Wildman–Crippen LogP) is 3.90. The number of methoxy groups -OCH3 is 1. The van der Waals surface area contributed by atoms with E-state index >= 15 is 0 Å². The summed E-state index contributed by atoms with van der Waals surface area (Å²) in [5.74, 6) is -4.13. The highest BCUT2D eigenvalue weighted by atomic mass is 32.2. The van der Waals surface area contributed by atoms with E-state index in [0.29, 0.717) is 29.7 Å². The summed E-state index contributed by atoms with van der Waals surface area (Å²) in [7, 11) is 1.33. The van der Waals surface area contributed by atoms with Crippen molar-refractivity contribution in [2.45, 2.75) is 24.1 Å². The maximum atomic E-state index is 12.9. The summed E-state index contributed by atoms with van der Waals surface area (Å²) in [4.78, 5) is 39.7. The number of carbonyl (C=O) groups is 3. The molecule has 3 rings (SSSR count). The first-order chi connectivity index (χ1) is 14.4. The standard InChI is InChI=1S/C20H18F2N2O5S/c1-3-29-14-7-5-4-6-13(14)24-18(26)17(25)23(20(24)27)11-12-8-9-16(30-19(21)22)15(10-12)28-2/h4-10,19H,3,11H2,1-2H3. The number of alkyl halides is 2. The van der Waals surface area contributed by atoms with E-state index < -0.39 is 23.6 Å². The van der Waals surface area contributed by atoms with Crippen LogP contribution in [0.1, 0.15) is 12.5 Å². The van der Waals surface area contributed by atoms with Crippen LogP contribution in [0.3, 0.4) is 0 Å². The molecule has 0 saturated carbocycles. The maximum Gasteiger partial charge on any atom is 0.339 e. The number of rotatable bonds is 8. The van der Waals surface area contributed by atoms with Crippen LogP contribution >= 0.6 is 11.8 Å². The molecule has 0 aromatic heterocycles. The molecule has 0 radical (unpaired) electrons. The number of ether oxygens (including phenoxy) is 2. The summed E-state index contributed by atoms with van der Waals surface area (Å²) in [5.41, 5.74) is 0.617. The van der Waals surface area contributed by atoms with Gasteiger partial charge in [-0.2, -0.15) is 8.78 Å². The molecule has 1 fully saturated rings. The summed E-state index contributed by atoms with van der Waals surface area (Å²) >= 11 is 0.324. The summed E-state index contributed by atoms with van der Waals surface area (Å²) < 4.78 is 35.9. The lowest BCUT2D eigenvalue weighted by Gasteiger charge is -2.18. The average Bonchev–Trinajstić information content (AvgIpc) is 2.92. The van der Waals surface area contributed by atoms with Crippen molar-refractivity contribution >= 4 is 35.3 Å². The van der Waals surface area contributed by atoms with Crippen molar-refractivity contribution < 1.29 is 32.6 Å². The Morgan fingerprint density at radius 1 is 1.03 bits per heavy atom. The Balaban J connectivity index is 1.87. The van der Waals surface area contributed by atoms with Crippen molar-refractivity contribution in [1.29, 1.82) is 0 Å². The maximum absolute atomic E-state index is 12.9. The molecule has 158 valence electrons. The lowest BCUT2D eigenvalue weighted by molar-refractivity contribution is -0.139. The third-order valence-electron chi connectivity index (χ3n) is 4.24. The lowest BCUT2D eigenvalue weighted by atomic mass is 10.2. The minimum absolute atomic E-state index is 0.173. The number of imide groups is 2. The molecule has 2 aromatic carbocycles. The minimum atomic E-state index is -2.62. The third-order valence-corrected chi connectivity index (χ3v) is 5.01. The quantitative estimate of drug-likeness (QED) is 0.355. The molecule has 1 aliphatic rings. The van der Waals surface area contributed by atoms with Crippen LogP contribution in [0.4, 0.5) is 19.3 Å². The Morgan fingerprint density at radius 2 is 1.77 bits per heavy atom. The summed E-state index contributed by atoms with van der Waals surface area (Å²) in [6.07, 6.45) is 0. The number of nitrogens with zero attached hydrogens (tertiary/aromatic N) is 2. The van der Waals surface area contributed by atoms with Crippen LogP contribution in [0.25, 0.3) is 0 Å². The van der Waals surface area contributed by atoms with Gasteiger partial charge in [0.1, 0.15) is 11.5 Å². The number of benzene rings is 2. The summed E-state index contributed by atoms with van der Waals surface area (Å²) in [6, 6.07) is 9.96. The van der Waals surface area contributed by atoms with E-state index in [0.717, 1.165) is 9.80 Å². The van der Waals surface area contributed by atoms with Gasteiger partial charge in [-0.3, -0.25) is 14.5 Å². The molecule has 30 heavy (non-hydrogen) atoms. The number of urea groups is 1. The van der Waals surface area contributed by atoms with Gasteiger partial charge in [-0.15, -0.1) is 0 Å². The van der Waals surface area contributed by atoms with E-state index in [9.17, 15) is 23.2 Å². The van der Waals surface area contributed by atoms with E-state index in [1.165, 1.54) is 31.4 Å². The van der Waals surface area contributed by atoms with Gasteiger partial charge in [0.05, 0.1) is 30.8 Å². The lowest BCUT2D eigenvalue weighted by Crippen LogP contribution is -2.33. The van der Waals surface area contributed by atoms with Crippen molar-refractivity contribution in [2.75, 3.05) is 18.6 Å². The number of thioether (sulfide) groups is 1. The van der Waals surface area contributed by atoms with Crippen molar-refractivity contribution in [3.8, 4) is 11.5 Å². The van der Waals surface area contributed by atoms with Gasteiger partial charge in [-0.1, -0.05) is 30.0 Å². The number of anilines is 1. The van der Waals surface area contributed by atoms with E-state index in [1.807, 2.05) is 0 Å². The highest BCUT2D eigenvalue weighted by Crippen LogP contribution is 2.35. The number of hydrogen-bond acceptors (Lipinski definition) is 6. The van der Waals surface area contributed by atoms with Gasteiger partial charge in [0, 0.05) is 0 Å². The second-order valence-corrected chi connectivity index (χ2v) is 7.11. The molecular formula is C20H18F2N2O5S. The first-order valence-corrected chi connectivity index (χ1v) is 9.78. The van der Waals surface area contributed by atoms with E-state index in [1.54, 1.807) is 25.1 Å². The molecule has 7 nitrogen and oxygen atoms in total. The second-order valence-electron chi connectivity index (χ2n) is 6.08. The fourth-order valence-electron chi connectivity index (χ4n) is 2.96. The molecule has 0 aliphatic carbocycles. The molecule has 4 amide bonds. The molecule has 1 aliphatic heterocycles. The molecule has 0 N–H and O–H groups in total. The highest BCUT2D eigenvalue weighted by Gasteiger charge is 2.46. The Labute approximate surface area is 175 Å². The van der Waals surface area contributed by atoms with Crippen LogP contribution in [0.2, 0.25) is 0 Å². The molecule has 2 aromatic rings. The normalized spacial score (nSPS) is 14.1. The second kappa shape index (κ2) is 9.12. The van der Waals surface area contributed by atoms with E-state index in [-0.39, 0.29) is 22.9 Å². The molecule has 0 atom stereocenters. The predicted molar refractivity (Wildman–Crippen MR) is 106 cm³/mol. The zero-order chi connectivity index (χ0) is 21.8. The van der Waals surface area contributed by atoms with Crippen LogP contribution in [0.5, 0.6) is 11.5 Å². The monoisotopic (exact) mass is 436 g/mol. The van der Waals surface area contributed by atoms with Gasteiger partial charge in [0.25, 0.3) is 5.76 Å². The number of hydrogen-bond donors (Lipinski definition) is 0. The number of amides is 4. The minimum Gasteiger partial charge on any atom is -0.496 e. The van der Waals surface area contributed by atoms with Gasteiger partial charge in [-0.25, -0.2) is 9.69 Å². The third kappa shape index (κ3) is 4.23. The van der Waals surface area contributed by atoms with Crippen molar-refractivity contribution in [3.05, 3.63) is 48.0 Å². The molecule has 0 spiro atoms. The zero-order valence-electron chi connectivity index (χ0n) is 16.1. The van der Waals surface area contributed by atoms with Gasteiger partial charge in [0.15, 0.2) is 0 Å². The van der Waals surface area contributed by atoms with E-state index in [2.05, 4.69) is 0 Å². The number of carbonyl (C=O) groups excluding carboxylic acids is 3. The fraction of sp³-hybridized carbons (Fsp3) is 0.250. The first kappa shape index (κ1) is 21.6. The summed E-state index contributed by atoms with van der Waals surface area (Å²) in [5, 5.41) is 0. The molecule has 0 bridgehead atoms. The number of para-hydroxylation sites is 2. The Bertz CT molecular complexity index is 985. The Kier molecular flexibility index (Phi) is 6.56. The van der Waals surface area contributed by atoms with E-state index in [4.69, 9.17) is 9.47 Å². The smallest absolute Gasteiger partial charge is 0.339 e. The van der Waals surface area contributed by atoms with Crippen LogP contribution < -0.4 is 14.4 Å². The molecule has 1 heterocycles. The molecule has 0 unspecified atom stereocenters. The fourth-order valence-corrected chi connectivity index (χ4v) is 3.56. The van der Waals surface area contributed by atoms with Gasteiger partial charge in [0.2, 0.25) is 0 Å². The summed E-state index contributed by atoms with van der Waals surface area (Å²) in [6.45, 7) is 1.85. The van der Waals surface area contributed by atoms with Crippen molar-refractivity contribution in [1.82, 2.24) is 4.90 Å². The molecular weight excluding hydrogens is 418 g/mol. The number of halogens is 2. The zero-order valence-corrected chi connectivity index (χ0v) is 16.9. The van der Waals surface area contributed by atoms with Crippen molar-refractivity contribution in [3.63, 3.8) is 0 Å². The Morgan fingerprint density at radius 3 is 2.43 bits per heavy atom. The van der Waals surface area contributed by atoms with Gasteiger partial charge in [-0.05, 0) is 36.8 Å². The van der Waals surface area contributed by atoms with Crippen LogP contribution in [-0.4, -0.2) is 42.2 Å². The van der Waals surface area contributed by atoms with Crippen molar-refractivity contribution in [2.24, 2.45) is 0 Å². The van der Waals surface area contributed by atoms with Gasteiger partial charge >= 0.3 is 17.8 Å². The van der Waals surface area contributed by atoms with Crippen LogP contribution in [-0.2, 0) is 16.1 Å². The first-order valence-electron chi connectivity index (χ1n) is 8.90. The largest absolute Gasteiger partial charge is 0.496 e. The SMILES string of the molecule is CCOc1ccccc1N1C(=O)C(=O)N(Cc2ccc(SC(F)F)c(OC)c2)C1=O. The van der Waals surface area contributed by atoms with Crippen LogP contribution in [0, 0.1) is 0 Å². The Hall–Kier alpha value is -3.14. The van der Waals surface area contributed by atoms with Gasteiger partial charge < -0.3 is 9.47 Å². The topological polar surface area (TPSA) is 76.2 Å². The molecule has 10 heteroatoms.